The summed E-state index contributed by atoms with van der Waals surface area (Å²) in [6, 6.07) is 8.58. The topological polar surface area (TPSA) is 57.6 Å². The van der Waals surface area contributed by atoms with Crippen LogP contribution in [0.2, 0.25) is 5.02 Å². The van der Waals surface area contributed by atoms with Crippen LogP contribution < -0.4 is 4.90 Å². The molecule has 6 heteroatoms. The Labute approximate surface area is 138 Å². The summed E-state index contributed by atoms with van der Waals surface area (Å²) >= 11 is 6.01. The number of anilines is 2. The Hall–Kier alpha value is -2.40. The molecular weight excluding hydrogens is 321 g/mol. The maximum Gasteiger partial charge on any atom is 0.338 e. The highest BCUT2D eigenvalue weighted by Crippen LogP contribution is 2.34. The number of amides is 1. The first kappa shape index (κ1) is 17.0. The van der Waals surface area contributed by atoms with Gasteiger partial charge in [-0.05, 0) is 47.9 Å². The Balaban J connectivity index is 2.59. The normalized spacial score (nSPS) is 10.7. The van der Waals surface area contributed by atoms with Crippen LogP contribution in [0.3, 0.4) is 0 Å². The number of hydrogen-bond acceptors (Lipinski definition) is 2. The number of carbonyl (C=O) groups excluding carboxylic acids is 1. The lowest BCUT2D eigenvalue weighted by Crippen LogP contribution is -2.17. The van der Waals surface area contributed by atoms with E-state index >= 15 is 0 Å². The maximum absolute atomic E-state index is 13.5. The fourth-order valence-electron chi connectivity index (χ4n) is 2.29. The molecule has 4 nitrogen and oxygen atoms in total. The minimum atomic E-state index is -1.39. The van der Waals surface area contributed by atoms with Gasteiger partial charge in [0.25, 0.3) is 0 Å². The molecule has 23 heavy (non-hydrogen) atoms. The van der Waals surface area contributed by atoms with Gasteiger partial charge in [0.1, 0.15) is 5.82 Å². The smallest absolute Gasteiger partial charge is 0.338 e. The summed E-state index contributed by atoms with van der Waals surface area (Å²) in [5.41, 5.74) is 1.17. The van der Waals surface area contributed by atoms with E-state index in [4.69, 9.17) is 16.7 Å². The second-order valence-corrected chi connectivity index (χ2v) is 5.74. The minimum Gasteiger partial charge on any atom is -0.478 e. The van der Waals surface area contributed by atoms with Crippen LogP contribution in [0.4, 0.5) is 15.8 Å². The van der Waals surface area contributed by atoms with Crippen molar-refractivity contribution in [2.45, 2.75) is 19.8 Å². The van der Waals surface area contributed by atoms with Gasteiger partial charge < -0.3 is 5.11 Å². The Morgan fingerprint density at radius 1 is 1.26 bits per heavy atom. The molecular formula is C17H15ClFNO3. The Kier molecular flexibility index (Phi) is 5.01. The number of nitrogens with zero attached hydrogens (tertiary/aromatic N) is 1. The molecule has 0 aliphatic rings. The Bertz CT molecular complexity index is 761. The zero-order valence-electron chi connectivity index (χ0n) is 12.6. The summed E-state index contributed by atoms with van der Waals surface area (Å²) in [5.74, 6) is -2.16. The van der Waals surface area contributed by atoms with Crippen LogP contribution in [0.1, 0.15) is 35.7 Å². The molecule has 1 N–H and O–H groups in total. The molecule has 120 valence electrons. The Morgan fingerprint density at radius 2 is 1.96 bits per heavy atom. The van der Waals surface area contributed by atoms with Crippen LogP contribution in [-0.4, -0.2) is 17.5 Å². The van der Waals surface area contributed by atoms with Crippen molar-refractivity contribution in [2.75, 3.05) is 4.90 Å². The number of carboxylic acid groups (broad SMARTS) is 1. The van der Waals surface area contributed by atoms with Gasteiger partial charge in [-0.1, -0.05) is 25.4 Å². The number of rotatable bonds is 5. The van der Waals surface area contributed by atoms with E-state index < -0.39 is 17.3 Å². The quantitative estimate of drug-likeness (QED) is 0.813. The number of carbonyl (C=O) groups is 2. The van der Waals surface area contributed by atoms with Crippen LogP contribution in [0.15, 0.2) is 36.4 Å². The monoisotopic (exact) mass is 335 g/mol. The highest BCUT2D eigenvalue weighted by Gasteiger charge is 2.18. The van der Waals surface area contributed by atoms with E-state index in [9.17, 15) is 14.0 Å². The molecule has 0 atom stereocenters. The number of carboxylic acids is 1. The van der Waals surface area contributed by atoms with Crippen molar-refractivity contribution in [2.24, 2.45) is 0 Å². The van der Waals surface area contributed by atoms with E-state index in [-0.39, 0.29) is 11.6 Å². The number of halogens is 2. The van der Waals surface area contributed by atoms with E-state index in [0.29, 0.717) is 17.1 Å². The number of benzene rings is 2. The summed E-state index contributed by atoms with van der Waals surface area (Å²) < 4.78 is 13.5. The Morgan fingerprint density at radius 3 is 2.52 bits per heavy atom. The van der Waals surface area contributed by atoms with E-state index in [1.54, 1.807) is 18.2 Å². The van der Waals surface area contributed by atoms with Gasteiger partial charge in [-0.15, -0.1) is 0 Å². The standard InChI is InChI=1S/C17H15ClFNO3/c1-10(2)13-7-11(18)3-6-16(13)20(9-21)12-4-5-15(19)14(8-12)17(22)23/h3-10H,1-2H3,(H,22,23). The van der Waals surface area contributed by atoms with Crippen molar-refractivity contribution < 1.29 is 19.1 Å². The van der Waals surface area contributed by atoms with E-state index in [0.717, 1.165) is 17.7 Å². The average Bonchev–Trinajstić information content (AvgIpc) is 2.50. The zero-order valence-corrected chi connectivity index (χ0v) is 13.3. The van der Waals surface area contributed by atoms with E-state index in [1.165, 1.54) is 11.0 Å². The molecule has 0 heterocycles. The summed E-state index contributed by atoms with van der Waals surface area (Å²) in [6.45, 7) is 3.90. The summed E-state index contributed by atoms with van der Waals surface area (Å²) in [4.78, 5) is 23.9. The van der Waals surface area contributed by atoms with Gasteiger partial charge in [-0.25, -0.2) is 9.18 Å². The predicted molar refractivity (Wildman–Crippen MR) is 87.1 cm³/mol. The van der Waals surface area contributed by atoms with Crippen LogP contribution in [0.25, 0.3) is 0 Å². The molecule has 0 fully saturated rings. The highest BCUT2D eigenvalue weighted by atomic mass is 35.5. The molecule has 0 aliphatic heterocycles. The van der Waals surface area contributed by atoms with Gasteiger partial charge in [0.15, 0.2) is 0 Å². The van der Waals surface area contributed by atoms with Gasteiger partial charge in [0.05, 0.1) is 11.3 Å². The lowest BCUT2D eigenvalue weighted by molar-refractivity contribution is -0.106. The van der Waals surface area contributed by atoms with Gasteiger partial charge in [0, 0.05) is 10.7 Å². The van der Waals surface area contributed by atoms with Crippen LogP contribution >= 0.6 is 11.6 Å². The lowest BCUT2D eigenvalue weighted by atomic mass is 10.00. The molecule has 0 aliphatic carbocycles. The van der Waals surface area contributed by atoms with Crippen LogP contribution in [-0.2, 0) is 4.79 Å². The van der Waals surface area contributed by atoms with Crippen LogP contribution in [0, 0.1) is 5.82 Å². The fraction of sp³-hybridized carbons (Fsp3) is 0.176. The number of hydrogen-bond donors (Lipinski definition) is 1. The summed E-state index contributed by atoms with van der Waals surface area (Å²) in [6.07, 6.45) is 0.563. The fourth-order valence-corrected chi connectivity index (χ4v) is 2.47. The molecule has 0 unspecified atom stereocenters. The zero-order chi connectivity index (χ0) is 17.1. The molecule has 2 rings (SSSR count). The third-order valence-electron chi connectivity index (χ3n) is 3.44. The van der Waals surface area contributed by atoms with Crippen molar-refractivity contribution in [1.82, 2.24) is 0 Å². The highest BCUT2D eigenvalue weighted by molar-refractivity contribution is 6.30. The summed E-state index contributed by atoms with van der Waals surface area (Å²) in [5, 5.41) is 9.57. The van der Waals surface area contributed by atoms with Gasteiger partial charge in [-0.2, -0.15) is 0 Å². The first-order valence-corrected chi connectivity index (χ1v) is 7.29. The van der Waals surface area contributed by atoms with Crippen molar-refractivity contribution >= 4 is 35.4 Å². The van der Waals surface area contributed by atoms with Crippen molar-refractivity contribution in [3.8, 4) is 0 Å². The first-order valence-electron chi connectivity index (χ1n) is 6.92. The molecule has 2 aromatic carbocycles. The summed E-state index contributed by atoms with van der Waals surface area (Å²) in [7, 11) is 0. The van der Waals surface area contributed by atoms with Gasteiger partial charge in [0.2, 0.25) is 6.41 Å². The molecule has 2 aromatic rings. The minimum absolute atomic E-state index is 0.0885. The molecule has 0 spiro atoms. The van der Waals surface area contributed by atoms with Crippen molar-refractivity contribution in [3.63, 3.8) is 0 Å². The molecule has 0 saturated carbocycles. The molecule has 0 saturated heterocycles. The predicted octanol–water partition coefficient (Wildman–Crippen LogP) is 4.60. The molecule has 0 radical (unpaired) electrons. The molecule has 0 bridgehead atoms. The maximum atomic E-state index is 13.5. The van der Waals surface area contributed by atoms with Crippen molar-refractivity contribution in [1.29, 1.82) is 0 Å². The SMILES string of the molecule is CC(C)c1cc(Cl)ccc1N(C=O)c1ccc(F)c(C(=O)O)c1. The van der Waals surface area contributed by atoms with Gasteiger partial charge in [-0.3, -0.25) is 9.69 Å². The van der Waals surface area contributed by atoms with Gasteiger partial charge >= 0.3 is 5.97 Å². The lowest BCUT2D eigenvalue weighted by Gasteiger charge is -2.23. The average molecular weight is 336 g/mol. The second kappa shape index (κ2) is 6.79. The van der Waals surface area contributed by atoms with E-state index in [1.807, 2.05) is 13.8 Å². The second-order valence-electron chi connectivity index (χ2n) is 5.30. The van der Waals surface area contributed by atoms with Crippen LogP contribution in [0.5, 0.6) is 0 Å². The largest absolute Gasteiger partial charge is 0.478 e. The third-order valence-corrected chi connectivity index (χ3v) is 3.67. The first-order chi connectivity index (χ1) is 10.8. The third kappa shape index (κ3) is 3.51. The molecule has 1 amide bonds. The van der Waals surface area contributed by atoms with Crippen molar-refractivity contribution in [3.05, 3.63) is 58.4 Å². The molecule has 0 aromatic heterocycles. The number of aromatic carboxylic acids is 1. The van der Waals surface area contributed by atoms with E-state index in [2.05, 4.69) is 0 Å².